The SMILES string of the molecule is CCN(CCO)C(=O)c1c(C)nc2ccccn12. The lowest BCUT2D eigenvalue weighted by atomic mass is 10.3. The van der Waals surface area contributed by atoms with E-state index in [1.54, 1.807) is 9.30 Å². The molecule has 5 heteroatoms. The highest BCUT2D eigenvalue weighted by Gasteiger charge is 2.20. The number of hydrogen-bond donors (Lipinski definition) is 1. The number of aliphatic hydroxyl groups excluding tert-OH is 1. The Hall–Kier alpha value is -1.88. The first-order valence-electron chi connectivity index (χ1n) is 6.02. The molecule has 0 unspecified atom stereocenters. The van der Waals surface area contributed by atoms with Crippen LogP contribution in [0.5, 0.6) is 0 Å². The van der Waals surface area contributed by atoms with Crippen molar-refractivity contribution in [3.05, 3.63) is 35.8 Å². The molecule has 0 aliphatic rings. The fourth-order valence-electron chi connectivity index (χ4n) is 2.04. The summed E-state index contributed by atoms with van der Waals surface area (Å²) in [6.07, 6.45) is 1.83. The maximum atomic E-state index is 12.4. The Morgan fingerprint density at radius 2 is 2.28 bits per heavy atom. The molecule has 0 fully saturated rings. The molecule has 18 heavy (non-hydrogen) atoms. The number of aryl methyl sites for hydroxylation is 1. The van der Waals surface area contributed by atoms with Crippen LogP contribution >= 0.6 is 0 Å². The lowest BCUT2D eigenvalue weighted by Gasteiger charge is -2.19. The van der Waals surface area contributed by atoms with E-state index in [1.807, 2.05) is 38.2 Å². The first-order chi connectivity index (χ1) is 8.69. The molecule has 2 rings (SSSR count). The van der Waals surface area contributed by atoms with E-state index < -0.39 is 0 Å². The van der Waals surface area contributed by atoms with Crippen molar-refractivity contribution in [2.45, 2.75) is 13.8 Å². The highest BCUT2D eigenvalue weighted by Crippen LogP contribution is 2.14. The second-order valence-electron chi connectivity index (χ2n) is 4.08. The average Bonchev–Trinajstić information content (AvgIpc) is 2.71. The minimum Gasteiger partial charge on any atom is -0.395 e. The quantitative estimate of drug-likeness (QED) is 0.880. The van der Waals surface area contributed by atoms with Gasteiger partial charge in [0.25, 0.3) is 5.91 Å². The van der Waals surface area contributed by atoms with Crippen LogP contribution in [-0.2, 0) is 0 Å². The largest absolute Gasteiger partial charge is 0.395 e. The van der Waals surface area contributed by atoms with Crippen molar-refractivity contribution in [1.29, 1.82) is 0 Å². The zero-order valence-electron chi connectivity index (χ0n) is 10.6. The van der Waals surface area contributed by atoms with Gasteiger partial charge in [-0.1, -0.05) is 6.07 Å². The van der Waals surface area contributed by atoms with Gasteiger partial charge < -0.3 is 10.0 Å². The number of pyridine rings is 1. The normalized spacial score (nSPS) is 10.8. The highest BCUT2D eigenvalue weighted by atomic mass is 16.3. The van der Waals surface area contributed by atoms with Crippen molar-refractivity contribution in [3.8, 4) is 0 Å². The van der Waals surface area contributed by atoms with Gasteiger partial charge in [-0.05, 0) is 26.0 Å². The maximum Gasteiger partial charge on any atom is 0.272 e. The zero-order valence-corrected chi connectivity index (χ0v) is 10.6. The van der Waals surface area contributed by atoms with Gasteiger partial charge in [0, 0.05) is 19.3 Å². The number of imidazole rings is 1. The van der Waals surface area contributed by atoms with Gasteiger partial charge in [0.15, 0.2) is 0 Å². The number of hydrogen-bond acceptors (Lipinski definition) is 3. The van der Waals surface area contributed by atoms with Gasteiger partial charge in [-0.25, -0.2) is 4.98 Å². The van der Waals surface area contributed by atoms with Crippen LogP contribution in [0.4, 0.5) is 0 Å². The number of fused-ring (bicyclic) bond motifs is 1. The Morgan fingerprint density at radius 3 is 2.94 bits per heavy atom. The minimum atomic E-state index is -0.0947. The number of likely N-dealkylation sites (N-methyl/N-ethyl adjacent to an activating group) is 1. The number of aromatic nitrogens is 2. The van der Waals surface area contributed by atoms with Crippen LogP contribution in [0.3, 0.4) is 0 Å². The molecule has 1 N–H and O–H groups in total. The van der Waals surface area contributed by atoms with Crippen LogP contribution in [0, 0.1) is 6.92 Å². The second kappa shape index (κ2) is 5.18. The van der Waals surface area contributed by atoms with E-state index in [9.17, 15) is 4.79 Å². The van der Waals surface area contributed by atoms with Gasteiger partial charge in [-0.15, -0.1) is 0 Å². The molecule has 2 aromatic heterocycles. The predicted molar refractivity (Wildman–Crippen MR) is 68.6 cm³/mol. The molecule has 0 bridgehead atoms. The van der Waals surface area contributed by atoms with Gasteiger partial charge in [0.05, 0.1) is 12.3 Å². The van der Waals surface area contributed by atoms with Gasteiger partial charge >= 0.3 is 0 Å². The summed E-state index contributed by atoms with van der Waals surface area (Å²) >= 11 is 0. The molecule has 2 heterocycles. The summed E-state index contributed by atoms with van der Waals surface area (Å²) in [5.74, 6) is -0.0947. The predicted octanol–water partition coefficient (Wildman–Crippen LogP) is 1.10. The summed E-state index contributed by atoms with van der Waals surface area (Å²) < 4.78 is 1.79. The summed E-state index contributed by atoms with van der Waals surface area (Å²) in [5.41, 5.74) is 2.04. The van der Waals surface area contributed by atoms with Crippen molar-refractivity contribution in [3.63, 3.8) is 0 Å². The lowest BCUT2D eigenvalue weighted by Crippen LogP contribution is -2.34. The fraction of sp³-hybridized carbons (Fsp3) is 0.385. The van der Waals surface area contributed by atoms with Crippen molar-refractivity contribution >= 4 is 11.6 Å². The number of nitrogens with zero attached hydrogens (tertiary/aromatic N) is 3. The molecule has 0 saturated heterocycles. The van der Waals surface area contributed by atoms with E-state index in [4.69, 9.17) is 5.11 Å². The second-order valence-corrected chi connectivity index (χ2v) is 4.08. The Kier molecular flexibility index (Phi) is 3.62. The average molecular weight is 247 g/mol. The van der Waals surface area contributed by atoms with Crippen LogP contribution in [-0.4, -0.2) is 45.0 Å². The molecule has 5 nitrogen and oxygen atoms in total. The number of amides is 1. The Balaban J connectivity index is 2.46. The third kappa shape index (κ3) is 2.09. The van der Waals surface area contributed by atoms with Crippen LogP contribution in [0.15, 0.2) is 24.4 Å². The summed E-state index contributed by atoms with van der Waals surface area (Å²) in [4.78, 5) is 18.4. The molecule has 0 saturated carbocycles. The molecule has 0 atom stereocenters. The first kappa shape index (κ1) is 12.6. The molecule has 0 radical (unpaired) electrons. The van der Waals surface area contributed by atoms with Gasteiger partial charge in [0.2, 0.25) is 0 Å². The third-order valence-electron chi connectivity index (χ3n) is 2.95. The van der Waals surface area contributed by atoms with E-state index in [0.717, 1.165) is 5.65 Å². The highest BCUT2D eigenvalue weighted by molar-refractivity contribution is 5.94. The van der Waals surface area contributed by atoms with Crippen LogP contribution < -0.4 is 0 Å². The van der Waals surface area contributed by atoms with Crippen molar-refractivity contribution < 1.29 is 9.90 Å². The number of rotatable bonds is 4. The fourth-order valence-corrected chi connectivity index (χ4v) is 2.04. The summed E-state index contributed by atoms with van der Waals surface area (Å²) in [5, 5.41) is 8.98. The molecule has 0 aliphatic heterocycles. The van der Waals surface area contributed by atoms with Crippen molar-refractivity contribution in [2.24, 2.45) is 0 Å². The third-order valence-corrected chi connectivity index (χ3v) is 2.95. The Labute approximate surface area is 106 Å². The number of carbonyl (C=O) groups excluding carboxylic acids is 1. The maximum absolute atomic E-state index is 12.4. The Morgan fingerprint density at radius 1 is 1.50 bits per heavy atom. The summed E-state index contributed by atoms with van der Waals surface area (Å²) in [6.45, 7) is 4.60. The van der Waals surface area contributed by atoms with Crippen molar-refractivity contribution in [2.75, 3.05) is 19.7 Å². The first-order valence-corrected chi connectivity index (χ1v) is 6.02. The number of aliphatic hydroxyl groups is 1. The minimum absolute atomic E-state index is 0.0324. The van der Waals surface area contributed by atoms with Gasteiger partial charge in [-0.2, -0.15) is 0 Å². The molecule has 1 amide bonds. The number of carbonyl (C=O) groups is 1. The smallest absolute Gasteiger partial charge is 0.272 e. The lowest BCUT2D eigenvalue weighted by molar-refractivity contribution is 0.0724. The molecule has 0 spiro atoms. The van der Waals surface area contributed by atoms with E-state index in [2.05, 4.69) is 4.98 Å². The standard InChI is InChI=1S/C13H17N3O2/c1-3-15(8-9-17)13(18)12-10(2)14-11-6-4-5-7-16(11)12/h4-7,17H,3,8-9H2,1-2H3. The molecule has 0 aliphatic carbocycles. The van der Waals surface area contributed by atoms with Crippen LogP contribution in [0.25, 0.3) is 5.65 Å². The monoisotopic (exact) mass is 247 g/mol. The van der Waals surface area contributed by atoms with E-state index >= 15 is 0 Å². The Bertz CT molecular complexity index is 562. The van der Waals surface area contributed by atoms with E-state index in [1.165, 1.54) is 0 Å². The van der Waals surface area contributed by atoms with E-state index in [-0.39, 0.29) is 12.5 Å². The zero-order chi connectivity index (χ0) is 13.1. The molecule has 0 aromatic carbocycles. The van der Waals surface area contributed by atoms with Gasteiger partial charge in [-0.3, -0.25) is 9.20 Å². The van der Waals surface area contributed by atoms with Crippen LogP contribution in [0.2, 0.25) is 0 Å². The molecule has 96 valence electrons. The molecule has 2 aromatic rings. The van der Waals surface area contributed by atoms with Gasteiger partial charge in [0.1, 0.15) is 11.3 Å². The van der Waals surface area contributed by atoms with Crippen LogP contribution in [0.1, 0.15) is 23.1 Å². The summed E-state index contributed by atoms with van der Waals surface area (Å²) in [7, 11) is 0. The van der Waals surface area contributed by atoms with E-state index in [0.29, 0.717) is 24.5 Å². The molecular weight excluding hydrogens is 230 g/mol. The van der Waals surface area contributed by atoms with Crippen molar-refractivity contribution in [1.82, 2.24) is 14.3 Å². The molecular formula is C13H17N3O2. The topological polar surface area (TPSA) is 57.8 Å². The summed E-state index contributed by atoms with van der Waals surface area (Å²) in [6, 6.07) is 5.63.